The highest BCUT2D eigenvalue weighted by molar-refractivity contribution is 6.14. The maximum absolute atomic E-state index is 13.3. The highest BCUT2D eigenvalue weighted by Gasteiger charge is 2.26. The van der Waals surface area contributed by atoms with Gasteiger partial charge in [-0.2, -0.15) is 0 Å². The molecule has 4 heterocycles. The summed E-state index contributed by atoms with van der Waals surface area (Å²) in [6.07, 6.45) is 5.56. The SMILES string of the molecule is O=c1ccc2c(c1)oc1c(-c3ccc4c(c3)OCO4)c3c(=O)[nH]n(C4CCCCC4)c3[nH]c12. The number of fused-ring (bicyclic) bond motifs is 5. The molecular formula is C25H21N3O5. The monoisotopic (exact) mass is 443 g/mol. The summed E-state index contributed by atoms with van der Waals surface area (Å²) in [6.45, 7) is 0.168. The number of pyridine rings is 1. The molecule has 5 aromatic rings. The number of furan rings is 1. The van der Waals surface area contributed by atoms with Crippen molar-refractivity contribution in [3.63, 3.8) is 0 Å². The Morgan fingerprint density at radius 3 is 2.67 bits per heavy atom. The molecule has 1 aliphatic heterocycles. The van der Waals surface area contributed by atoms with Gasteiger partial charge in [-0.15, -0.1) is 0 Å². The minimum atomic E-state index is -0.175. The van der Waals surface area contributed by atoms with Gasteiger partial charge in [0.1, 0.15) is 11.2 Å². The topological polar surface area (TPSA) is 102 Å². The summed E-state index contributed by atoms with van der Waals surface area (Å²) in [5.74, 6) is 1.30. The first-order chi connectivity index (χ1) is 16.2. The molecule has 0 unspecified atom stereocenters. The Morgan fingerprint density at radius 2 is 1.79 bits per heavy atom. The largest absolute Gasteiger partial charge is 0.454 e. The van der Waals surface area contributed by atoms with Crippen LogP contribution in [0.2, 0.25) is 0 Å². The van der Waals surface area contributed by atoms with Crippen LogP contribution in [0.3, 0.4) is 0 Å². The fourth-order valence-electron chi connectivity index (χ4n) is 5.35. The van der Waals surface area contributed by atoms with E-state index in [1.54, 1.807) is 6.07 Å². The van der Waals surface area contributed by atoms with Crippen molar-refractivity contribution < 1.29 is 13.9 Å². The molecule has 0 bridgehead atoms. The van der Waals surface area contributed by atoms with Gasteiger partial charge < -0.3 is 18.9 Å². The van der Waals surface area contributed by atoms with Crippen LogP contribution in [0.15, 0.2) is 50.4 Å². The van der Waals surface area contributed by atoms with E-state index in [-0.39, 0.29) is 23.8 Å². The maximum Gasteiger partial charge on any atom is 0.274 e. The summed E-state index contributed by atoms with van der Waals surface area (Å²) >= 11 is 0. The van der Waals surface area contributed by atoms with Gasteiger partial charge in [-0.05, 0) is 42.7 Å². The van der Waals surface area contributed by atoms with Crippen LogP contribution in [0.5, 0.6) is 11.5 Å². The average molecular weight is 443 g/mol. The predicted molar refractivity (Wildman–Crippen MR) is 124 cm³/mol. The van der Waals surface area contributed by atoms with Crippen molar-refractivity contribution in [2.24, 2.45) is 0 Å². The maximum atomic E-state index is 13.3. The van der Waals surface area contributed by atoms with Gasteiger partial charge >= 0.3 is 0 Å². The summed E-state index contributed by atoms with van der Waals surface area (Å²) in [4.78, 5) is 28.8. The van der Waals surface area contributed by atoms with Crippen molar-refractivity contribution in [3.8, 4) is 22.6 Å². The van der Waals surface area contributed by atoms with Crippen LogP contribution < -0.4 is 20.5 Å². The van der Waals surface area contributed by atoms with Gasteiger partial charge in [-0.25, -0.2) is 0 Å². The molecule has 2 N–H and O–H groups in total. The van der Waals surface area contributed by atoms with Crippen LogP contribution in [0.1, 0.15) is 38.1 Å². The lowest BCUT2D eigenvalue weighted by atomic mass is 9.95. The fourth-order valence-corrected chi connectivity index (χ4v) is 5.35. The van der Waals surface area contributed by atoms with Crippen LogP contribution in [-0.2, 0) is 0 Å². The molecule has 166 valence electrons. The molecule has 8 heteroatoms. The van der Waals surface area contributed by atoms with Crippen LogP contribution in [0, 0.1) is 0 Å². The number of H-pyrrole nitrogens is 2. The molecule has 2 aromatic carbocycles. The van der Waals surface area contributed by atoms with E-state index in [9.17, 15) is 9.59 Å². The zero-order valence-corrected chi connectivity index (χ0v) is 17.8. The average Bonchev–Trinajstić information content (AvgIpc) is 3.53. The first-order valence-electron chi connectivity index (χ1n) is 11.3. The Morgan fingerprint density at radius 1 is 0.939 bits per heavy atom. The second-order valence-electron chi connectivity index (χ2n) is 8.86. The molecule has 0 amide bonds. The molecule has 0 atom stereocenters. The molecule has 7 rings (SSSR count). The van der Waals surface area contributed by atoms with Crippen molar-refractivity contribution >= 4 is 33.1 Å². The summed E-state index contributed by atoms with van der Waals surface area (Å²) in [5.41, 5.74) is 3.69. The standard InChI is InChI=1S/C25H21N3O5/c29-15-7-8-16-18(11-15)33-23-20(13-6-9-17-19(10-13)32-12-31-17)21-24(26-22(16)23)28(27-25(21)30)14-4-2-1-3-5-14/h6-11,14,26H,1-5,12H2,(H,27,30). The summed E-state index contributed by atoms with van der Waals surface area (Å²) in [6, 6.07) is 10.6. The highest BCUT2D eigenvalue weighted by Crippen LogP contribution is 2.42. The molecule has 1 aliphatic carbocycles. The molecule has 2 aliphatic rings. The molecule has 0 radical (unpaired) electrons. The van der Waals surface area contributed by atoms with E-state index in [1.807, 2.05) is 22.9 Å². The number of nitrogens with one attached hydrogen (secondary N) is 2. The highest BCUT2D eigenvalue weighted by atomic mass is 16.7. The van der Waals surface area contributed by atoms with Gasteiger partial charge in [-0.1, -0.05) is 25.3 Å². The predicted octanol–water partition coefficient (Wildman–Crippen LogP) is 4.82. The number of nitrogens with zero attached hydrogens (tertiary/aromatic N) is 1. The molecule has 8 nitrogen and oxygen atoms in total. The Hall–Kier alpha value is -3.94. The molecule has 1 fully saturated rings. The lowest BCUT2D eigenvalue weighted by Gasteiger charge is -2.23. The third-order valence-corrected chi connectivity index (χ3v) is 6.91. The van der Waals surface area contributed by atoms with Crippen LogP contribution in [0.4, 0.5) is 0 Å². The summed E-state index contributed by atoms with van der Waals surface area (Å²) in [7, 11) is 0. The van der Waals surface area contributed by atoms with Gasteiger partial charge in [0.15, 0.2) is 22.5 Å². The number of hydrogen-bond donors (Lipinski definition) is 2. The fraction of sp³-hybridized carbons (Fsp3) is 0.280. The van der Waals surface area contributed by atoms with Gasteiger partial charge in [0.05, 0.1) is 16.9 Å². The smallest absolute Gasteiger partial charge is 0.274 e. The van der Waals surface area contributed by atoms with Gasteiger partial charge in [0.2, 0.25) is 6.79 Å². The zero-order valence-electron chi connectivity index (χ0n) is 17.8. The molecule has 1 saturated carbocycles. The Labute approximate surface area is 186 Å². The third-order valence-electron chi connectivity index (χ3n) is 6.91. The first kappa shape index (κ1) is 18.6. The lowest BCUT2D eigenvalue weighted by Crippen LogP contribution is -2.16. The Balaban J connectivity index is 1.61. The number of aromatic nitrogens is 3. The Bertz CT molecular complexity index is 1680. The van der Waals surface area contributed by atoms with Crippen molar-refractivity contribution in [2.75, 3.05) is 6.79 Å². The minimum absolute atomic E-state index is 0.125. The van der Waals surface area contributed by atoms with E-state index in [0.717, 1.165) is 47.8 Å². The second kappa shape index (κ2) is 6.78. The summed E-state index contributed by atoms with van der Waals surface area (Å²) in [5, 5.41) is 4.43. The van der Waals surface area contributed by atoms with Crippen molar-refractivity contribution in [2.45, 2.75) is 38.1 Å². The van der Waals surface area contributed by atoms with E-state index >= 15 is 0 Å². The second-order valence-corrected chi connectivity index (χ2v) is 8.86. The molecular weight excluding hydrogens is 422 g/mol. The van der Waals surface area contributed by atoms with E-state index in [1.165, 1.54) is 18.6 Å². The van der Waals surface area contributed by atoms with Crippen molar-refractivity contribution in [1.82, 2.24) is 14.8 Å². The number of ether oxygens (including phenoxy) is 2. The lowest BCUT2D eigenvalue weighted by molar-refractivity contribution is 0.174. The number of hydrogen-bond acceptors (Lipinski definition) is 5. The van der Waals surface area contributed by atoms with Crippen molar-refractivity contribution in [3.05, 3.63) is 57.0 Å². The van der Waals surface area contributed by atoms with Crippen LogP contribution in [-0.4, -0.2) is 21.6 Å². The molecule has 33 heavy (non-hydrogen) atoms. The molecule has 3 aromatic heterocycles. The third kappa shape index (κ3) is 2.70. The number of aromatic amines is 2. The Kier molecular flexibility index (Phi) is 3.82. The quantitative estimate of drug-likeness (QED) is 0.407. The van der Waals surface area contributed by atoms with Gasteiger partial charge in [0.25, 0.3) is 5.56 Å². The summed E-state index contributed by atoms with van der Waals surface area (Å²) < 4.78 is 19.3. The normalized spacial score (nSPS) is 16.4. The zero-order chi connectivity index (χ0) is 22.1. The minimum Gasteiger partial charge on any atom is -0.454 e. The molecule has 0 spiro atoms. The van der Waals surface area contributed by atoms with Crippen molar-refractivity contribution in [1.29, 1.82) is 0 Å². The first-order valence-corrected chi connectivity index (χ1v) is 11.3. The van der Waals surface area contributed by atoms with E-state index in [2.05, 4.69) is 10.1 Å². The van der Waals surface area contributed by atoms with Crippen LogP contribution in [0.25, 0.3) is 44.2 Å². The van der Waals surface area contributed by atoms with E-state index in [4.69, 9.17) is 13.9 Å². The van der Waals surface area contributed by atoms with E-state index in [0.29, 0.717) is 33.6 Å². The van der Waals surface area contributed by atoms with E-state index < -0.39 is 0 Å². The number of rotatable bonds is 2. The molecule has 0 saturated heterocycles. The van der Waals surface area contributed by atoms with Crippen LogP contribution >= 0.6 is 0 Å². The van der Waals surface area contributed by atoms with Gasteiger partial charge in [-0.3, -0.25) is 19.4 Å². The number of benzene rings is 2. The van der Waals surface area contributed by atoms with Gasteiger partial charge in [0, 0.05) is 17.0 Å².